The number of carbonyl (C=O) groups is 1. The van der Waals surface area contributed by atoms with Crippen molar-refractivity contribution in [2.75, 3.05) is 26.3 Å². The molecule has 0 aromatic rings. The van der Waals surface area contributed by atoms with Crippen LogP contribution in [0.25, 0.3) is 0 Å². The van der Waals surface area contributed by atoms with Crippen molar-refractivity contribution < 1.29 is 54.8 Å². The molecule has 12 heteroatoms. The van der Waals surface area contributed by atoms with Crippen LogP contribution in [-0.2, 0) is 19.0 Å². The van der Waals surface area contributed by atoms with Crippen LogP contribution in [0.4, 0.5) is 0 Å². The molecule has 4 rings (SSSR count). The van der Waals surface area contributed by atoms with Crippen LogP contribution in [0.2, 0.25) is 0 Å². The minimum Gasteiger partial charge on any atom is -0.394 e. The molecule has 1 unspecified atom stereocenters. The van der Waals surface area contributed by atoms with Gasteiger partial charge in [-0.1, -0.05) is 19.3 Å². The van der Waals surface area contributed by atoms with Gasteiger partial charge in [-0.3, -0.25) is 4.79 Å². The van der Waals surface area contributed by atoms with Gasteiger partial charge in [-0.05, 0) is 18.3 Å². The van der Waals surface area contributed by atoms with E-state index in [1.807, 2.05) is 0 Å². The molecule has 4 aliphatic rings. The van der Waals surface area contributed by atoms with E-state index in [1.54, 1.807) is 0 Å². The lowest BCUT2D eigenvalue weighted by molar-refractivity contribution is -0.318. The zero-order valence-corrected chi connectivity index (χ0v) is 18.4. The zero-order chi connectivity index (χ0) is 24.0. The molecule has 0 bridgehead atoms. The summed E-state index contributed by atoms with van der Waals surface area (Å²) in [5, 5.41) is 71.2. The molecule has 1 saturated carbocycles. The van der Waals surface area contributed by atoms with E-state index in [9.17, 15) is 40.5 Å². The molecule has 1 aliphatic carbocycles. The van der Waals surface area contributed by atoms with Crippen LogP contribution in [0.5, 0.6) is 0 Å². The number of nitrogens with zero attached hydrogens (tertiary/aromatic N) is 1. The lowest BCUT2D eigenvalue weighted by Crippen LogP contribution is -2.61. The molecule has 3 saturated heterocycles. The smallest absolute Gasteiger partial charge is 0.223 e. The van der Waals surface area contributed by atoms with Crippen LogP contribution in [-0.4, -0.2) is 128 Å². The van der Waals surface area contributed by atoms with E-state index in [2.05, 4.69) is 0 Å². The first-order valence-corrected chi connectivity index (χ1v) is 11.6. The Balaban J connectivity index is 1.45. The molecule has 190 valence electrons. The van der Waals surface area contributed by atoms with Crippen molar-refractivity contribution in [3.63, 3.8) is 0 Å². The maximum Gasteiger partial charge on any atom is 0.223 e. The number of aliphatic hydroxyl groups is 7. The van der Waals surface area contributed by atoms with Gasteiger partial charge < -0.3 is 54.9 Å². The molecule has 0 aromatic carbocycles. The van der Waals surface area contributed by atoms with Crippen molar-refractivity contribution in [3.8, 4) is 0 Å². The van der Waals surface area contributed by atoms with E-state index in [1.165, 1.54) is 4.90 Å². The monoisotopic (exact) mass is 477 g/mol. The number of rotatable bonds is 6. The van der Waals surface area contributed by atoms with E-state index in [0.29, 0.717) is 13.0 Å². The van der Waals surface area contributed by atoms with Crippen molar-refractivity contribution in [3.05, 3.63) is 0 Å². The highest BCUT2D eigenvalue weighted by Gasteiger charge is 2.58. The van der Waals surface area contributed by atoms with Gasteiger partial charge in [0, 0.05) is 13.0 Å². The topological polar surface area (TPSA) is 190 Å². The van der Waals surface area contributed by atoms with Crippen molar-refractivity contribution in [1.29, 1.82) is 0 Å². The lowest BCUT2D eigenvalue weighted by atomic mass is 9.73. The van der Waals surface area contributed by atoms with Crippen molar-refractivity contribution >= 4 is 5.91 Å². The predicted octanol–water partition coefficient (Wildman–Crippen LogP) is -3.21. The van der Waals surface area contributed by atoms with E-state index in [4.69, 9.17) is 14.2 Å². The highest BCUT2D eigenvalue weighted by Crippen LogP contribution is 2.45. The third kappa shape index (κ3) is 4.66. The predicted molar refractivity (Wildman–Crippen MR) is 108 cm³/mol. The maximum absolute atomic E-state index is 12.7. The Morgan fingerprint density at radius 1 is 0.970 bits per heavy atom. The Kier molecular flexibility index (Phi) is 7.33. The first-order valence-electron chi connectivity index (χ1n) is 11.6. The highest BCUT2D eigenvalue weighted by atomic mass is 16.7. The average molecular weight is 478 g/mol. The van der Waals surface area contributed by atoms with Crippen LogP contribution < -0.4 is 0 Å². The molecule has 3 heterocycles. The van der Waals surface area contributed by atoms with Gasteiger partial charge >= 0.3 is 0 Å². The van der Waals surface area contributed by atoms with E-state index >= 15 is 0 Å². The Labute approximate surface area is 191 Å². The Morgan fingerprint density at radius 2 is 1.64 bits per heavy atom. The Morgan fingerprint density at radius 3 is 2.27 bits per heavy atom. The van der Waals surface area contributed by atoms with Gasteiger partial charge in [0.2, 0.25) is 11.7 Å². The van der Waals surface area contributed by atoms with Gasteiger partial charge in [0.15, 0.2) is 6.29 Å². The lowest BCUT2D eigenvalue weighted by Gasteiger charge is -2.41. The van der Waals surface area contributed by atoms with E-state index < -0.39 is 68.0 Å². The number of amides is 1. The number of likely N-dealkylation sites (tertiary alicyclic amines) is 1. The molecule has 12 nitrogen and oxygen atoms in total. The number of ether oxygens (including phenoxy) is 3. The number of aliphatic hydroxyl groups excluding tert-OH is 6. The molecule has 4 fully saturated rings. The van der Waals surface area contributed by atoms with Crippen molar-refractivity contribution in [2.24, 2.45) is 5.41 Å². The summed E-state index contributed by atoms with van der Waals surface area (Å²) in [7, 11) is 0. The first-order chi connectivity index (χ1) is 15.6. The minimum absolute atomic E-state index is 0.127. The summed E-state index contributed by atoms with van der Waals surface area (Å²) >= 11 is 0. The van der Waals surface area contributed by atoms with Gasteiger partial charge in [0.25, 0.3) is 0 Å². The summed E-state index contributed by atoms with van der Waals surface area (Å²) < 4.78 is 16.4. The molecule has 9 atom stereocenters. The number of hydrogen-bond donors (Lipinski definition) is 7. The largest absolute Gasteiger partial charge is 0.394 e. The average Bonchev–Trinajstić information content (AvgIpc) is 3.21. The zero-order valence-electron chi connectivity index (χ0n) is 18.4. The molecule has 33 heavy (non-hydrogen) atoms. The van der Waals surface area contributed by atoms with Gasteiger partial charge in [-0.2, -0.15) is 0 Å². The highest BCUT2D eigenvalue weighted by molar-refractivity contribution is 5.79. The van der Waals surface area contributed by atoms with Crippen LogP contribution >= 0.6 is 0 Å². The van der Waals surface area contributed by atoms with Gasteiger partial charge in [0.05, 0.1) is 19.8 Å². The molecular formula is C21H35NO11. The fraction of sp³-hybridized carbons (Fsp3) is 0.952. The number of carbonyl (C=O) groups excluding carboxylic acids is 1. The summed E-state index contributed by atoms with van der Waals surface area (Å²) in [5.74, 6) is -2.37. The summed E-state index contributed by atoms with van der Waals surface area (Å²) in [5.41, 5.74) is -0.127. The number of β-amino-alcohol motifs (C(OH)–C–C–N with tert-alkyl or cyclic N) is 1. The van der Waals surface area contributed by atoms with Crippen LogP contribution in [0.3, 0.4) is 0 Å². The SMILES string of the molecule is O=C1CC2(CCCCC2)CN1CC1(O)O[C@H](CO)[C@@H](O[C@@H]2O[C@H](CO)[C@H](O)[C@H](O)[C@H]2O)[C@@H]1O. The third-order valence-electron chi connectivity index (χ3n) is 7.55. The van der Waals surface area contributed by atoms with Gasteiger partial charge in [0.1, 0.15) is 42.7 Å². The van der Waals surface area contributed by atoms with Crippen molar-refractivity contribution in [2.45, 2.75) is 93.3 Å². The summed E-state index contributed by atoms with van der Waals surface area (Å²) in [6.07, 6.45) is -6.68. The fourth-order valence-electron chi connectivity index (χ4n) is 5.66. The standard InChI is InChI=1S/C21H35NO11/c23-7-11-14(26)15(27)16(28)19(31-11)32-17-12(8-24)33-21(30,18(17)29)10-22-9-20(6-13(22)25)4-2-1-3-5-20/h11-12,14-19,23-24,26-30H,1-10H2/t11-,12-,14+,15+,16-,17-,18+,19+,21?/m1/s1. The summed E-state index contributed by atoms with van der Waals surface area (Å²) in [4.78, 5) is 14.2. The molecule has 0 aromatic heterocycles. The number of hydrogen-bond acceptors (Lipinski definition) is 11. The second kappa shape index (κ2) is 9.61. The third-order valence-corrected chi connectivity index (χ3v) is 7.55. The molecule has 0 radical (unpaired) electrons. The van der Waals surface area contributed by atoms with Gasteiger partial charge in [-0.15, -0.1) is 0 Å². The Hall–Kier alpha value is -0.930. The minimum atomic E-state index is -2.23. The summed E-state index contributed by atoms with van der Waals surface area (Å²) in [6, 6.07) is 0. The second-order valence-electron chi connectivity index (χ2n) is 9.91. The van der Waals surface area contributed by atoms with Gasteiger partial charge in [-0.25, -0.2) is 0 Å². The molecule has 1 spiro atoms. The van der Waals surface area contributed by atoms with Crippen LogP contribution in [0.15, 0.2) is 0 Å². The second-order valence-corrected chi connectivity index (χ2v) is 9.91. The fourth-order valence-corrected chi connectivity index (χ4v) is 5.66. The Bertz CT molecular complexity index is 702. The van der Waals surface area contributed by atoms with E-state index in [-0.39, 0.29) is 17.9 Å². The normalized spacial score (nSPS) is 45.8. The maximum atomic E-state index is 12.7. The molecular weight excluding hydrogens is 442 g/mol. The molecule has 7 N–H and O–H groups in total. The van der Waals surface area contributed by atoms with Crippen LogP contribution in [0.1, 0.15) is 38.5 Å². The van der Waals surface area contributed by atoms with Crippen molar-refractivity contribution in [1.82, 2.24) is 4.90 Å². The molecule has 1 amide bonds. The quantitative estimate of drug-likeness (QED) is 0.204. The summed E-state index contributed by atoms with van der Waals surface area (Å²) in [6.45, 7) is -1.19. The van der Waals surface area contributed by atoms with E-state index in [0.717, 1.165) is 32.1 Å². The first kappa shape index (κ1) is 25.2. The molecule has 3 aliphatic heterocycles. The van der Waals surface area contributed by atoms with Crippen LogP contribution in [0, 0.1) is 5.41 Å².